The number of fused-ring (bicyclic) bond motifs is 1. The Morgan fingerprint density at radius 3 is 2.93 bits per heavy atom. The number of hydrogen-bond donors (Lipinski definition) is 1. The van der Waals surface area contributed by atoms with E-state index in [0.717, 1.165) is 70.2 Å². The number of nitrogens with zero attached hydrogens (tertiary/aromatic N) is 3. The van der Waals surface area contributed by atoms with E-state index >= 15 is 0 Å². The molecule has 0 saturated carbocycles. The number of carbonyl (C=O) groups excluding carboxylic acids is 1. The largest absolute Gasteiger partial charge is 0.494 e. The van der Waals surface area contributed by atoms with Crippen LogP contribution in [0.4, 0.5) is 0 Å². The summed E-state index contributed by atoms with van der Waals surface area (Å²) in [5, 5.41) is 3.48. The molecule has 2 aliphatic heterocycles. The van der Waals surface area contributed by atoms with Gasteiger partial charge in [0, 0.05) is 40.3 Å². The Labute approximate surface area is 180 Å². The van der Waals surface area contributed by atoms with Crippen LogP contribution in [0, 0.1) is 0 Å². The van der Waals surface area contributed by atoms with Gasteiger partial charge in [0.1, 0.15) is 12.3 Å². The van der Waals surface area contributed by atoms with Gasteiger partial charge in [-0.3, -0.25) is 4.79 Å². The van der Waals surface area contributed by atoms with Crippen LogP contribution < -0.4 is 10.1 Å². The smallest absolute Gasteiger partial charge is 0.243 e. The van der Waals surface area contributed by atoms with Crippen LogP contribution in [0.1, 0.15) is 43.7 Å². The number of guanidine groups is 1. The van der Waals surface area contributed by atoms with E-state index in [1.54, 1.807) is 19.0 Å². The van der Waals surface area contributed by atoms with Gasteiger partial charge in [-0.05, 0) is 55.4 Å². The van der Waals surface area contributed by atoms with Gasteiger partial charge in [0.15, 0.2) is 5.96 Å². The molecule has 2 heterocycles. The van der Waals surface area contributed by atoms with Crippen LogP contribution in [-0.4, -0.2) is 74.7 Å². The lowest BCUT2D eigenvalue weighted by atomic mass is 9.99. The van der Waals surface area contributed by atoms with Crippen LogP contribution in [0.15, 0.2) is 23.2 Å². The molecule has 1 fully saturated rings. The topological polar surface area (TPSA) is 66.4 Å². The molecule has 1 amide bonds. The minimum atomic E-state index is -0.00154. The van der Waals surface area contributed by atoms with Gasteiger partial charge >= 0.3 is 0 Å². The molecule has 1 N–H and O–H groups in total. The van der Waals surface area contributed by atoms with Crippen LogP contribution in [0.3, 0.4) is 0 Å². The van der Waals surface area contributed by atoms with Crippen molar-refractivity contribution in [2.75, 3.05) is 46.9 Å². The third kappa shape index (κ3) is 6.36. The maximum atomic E-state index is 12.1. The van der Waals surface area contributed by atoms with Gasteiger partial charge < -0.3 is 24.6 Å². The van der Waals surface area contributed by atoms with Crippen molar-refractivity contribution in [3.8, 4) is 5.75 Å². The van der Waals surface area contributed by atoms with Gasteiger partial charge in [-0.25, -0.2) is 4.99 Å². The van der Waals surface area contributed by atoms with Gasteiger partial charge in [-0.1, -0.05) is 13.0 Å². The summed E-state index contributed by atoms with van der Waals surface area (Å²) in [6.45, 7) is 6.20. The Kier molecular flexibility index (Phi) is 8.37. The molecule has 0 radical (unpaired) electrons. The van der Waals surface area contributed by atoms with Crippen molar-refractivity contribution < 1.29 is 14.3 Å². The monoisotopic (exact) mass is 416 g/mol. The van der Waals surface area contributed by atoms with Crippen molar-refractivity contribution in [3.05, 3.63) is 29.3 Å². The molecule has 1 unspecified atom stereocenters. The number of rotatable bonds is 7. The fourth-order valence-electron chi connectivity index (χ4n) is 3.74. The zero-order valence-electron chi connectivity index (χ0n) is 18.7. The van der Waals surface area contributed by atoms with Gasteiger partial charge in [-0.15, -0.1) is 0 Å². The Morgan fingerprint density at radius 1 is 1.33 bits per heavy atom. The molecule has 7 nitrogen and oxygen atoms in total. The first-order chi connectivity index (χ1) is 14.6. The molecule has 30 heavy (non-hydrogen) atoms. The highest BCUT2D eigenvalue weighted by Gasteiger charge is 2.22. The molecular weight excluding hydrogens is 380 g/mol. The number of benzene rings is 1. The second-order valence-corrected chi connectivity index (χ2v) is 8.25. The van der Waals surface area contributed by atoms with E-state index in [-0.39, 0.29) is 18.6 Å². The van der Waals surface area contributed by atoms with E-state index in [1.807, 2.05) is 6.07 Å². The van der Waals surface area contributed by atoms with Crippen molar-refractivity contribution in [3.63, 3.8) is 0 Å². The molecule has 7 heteroatoms. The van der Waals surface area contributed by atoms with Crippen molar-refractivity contribution in [2.45, 2.75) is 51.7 Å². The molecule has 0 aliphatic carbocycles. The normalized spacial score (nSPS) is 19.2. The zero-order valence-corrected chi connectivity index (χ0v) is 18.7. The summed E-state index contributed by atoms with van der Waals surface area (Å²) in [6.07, 6.45) is 5.57. The van der Waals surface area contributed by atoms with Crippen LogP contribution in [-0.2, 0) is 22.5 Å². The van der Waals surface area contributed by atoms with E-state index < -0.39 is 0 Å². The first kappa shape index (κ1) is 22.4. The Balaban J connectivity index is 1.67. The quantitative estimate of drug-likeness (QED) is 0.546. The maximum absolute atomic E-state index is 12.1. The molecule has 0 aromatic heterocycles. The molecule has 2 aliphatic rings. The predicted molar refractivity (Wildman–Crippen MR) is 119 cm³/mol. The number of carbonyl (C=O) groups is 1. The summed E-state index contributed by atoms with van der Waals surface area (Å²) in [6, 6.07) is 6.37. The Morgan fingerprint density at radius 2 is 2.20 bits per heavy atom. The fourth-order valence-corrected chi connectivity index (χ4v) is 3.74. The third-order valence-corrected chi connectivity index (χ3v) is 5.59. The summed E-state index contributed by atoms with van der Waals surface area (Å²) in [7, 11) is 3.52. The van der Waals surface area contributed by atoms with Crippen LogP contribution in [0.5, 0.6) is 5.75 Å². The van der Waals surface area contributed by atoms with Gasteiger partial charge in [0.25, 0.3) is 0 Å². The molecule has 1 saturated heterocycles. The first-order valence-electron chi connectivity index (χ1n) is 11.2. The van der Waals surface area contributed by atoms with Crippen molar-refractivity contribution >= 4 is 11.9 Å². The zero-order chi connectivity index (χ0) is 21.3. The third-order valence-electron chi connectivity index (χ3n) is 5.59. The Hall–Kier alpha value is -2.28. The lowest BCUT2D eigenvalue weighted by Gasteiger charge is -2.33. The number of nitrogens with one attached hydrogen (secondary N) is 1. The molecule has 0 bridgehead atoms. The standard InChI is InChI=1S/C23H36N4O3/c1-4-12-29-20-9-8-19-17-27(11-10-18(19)14-20)23(25-16-22(28)26(2)3)24-15-21-7-5-6-13-30-21/h8-9,14,21H,4-7,10-13,15-17H2,1-3H3,(H,24,25). The second-order valence-electron chi connectivity index (χ2n) is 8.25. The summed E-state index contributed by atoms with van der Waals surface area (Å²) < 4.78 is 11.6. The highest BCUT2D eigenvalue weighted by Crippen LogP contribution is 2.24. The SMILES string of the molecule is CCCOc1ccc2c(c1)CCN(C(=NCC(=O)N(C)C)NCC1CCCCO1)C2. The van der Waals surface area contributed by atoms with E-state index in [9.17, 15) is 4.79 Å². The Bertz CT molecular complexity index is 729. The lowest BCUT2D eigenvalue weighted by molar-refractivity contribution is -0.127. The van der Waals surface area contributed by atoms with Crippen molar-refractivity contribution in [2.24, 2.45) is 4.99 Å². The number of aliphatic imine (C=N–C) groups is 1. The highest BCUT2D eigenvalue weighted by molar-refractivity contribution is 5.85. The van der Waals surface area contributed by atoms with Gasteiger partial charge in [0.2, 0.25) is 5.91 Å². The molecular formula is C23H36N4O3. The summed E-state index contributed by atoms with van der Waals surface area (Å²) in [5.41, 5.74) is 2.62. The molecule has 1 aromatic rings. The second kappa shape index (κ2) is 11.2. The number of amides is 1. The van der Waals surface area contributed by atoms with Gasteiger partial charge in [0.05, 0.1) is 12.7 Å². The molecule has 166 valence electrons. The van der Waals surface area contributed by atoms with E-state index in [2.05, 4.69) is 34.3 Å². The van der Waals surface area contributed by atoms with E-state index in [0.29, 0.717) is 0 Å². The summed E-state index contributed by atoms with van der Waals surface area (Å²) in [5.74, 6) is 1.73. The predicted octanol–water partition coefficient (Wildman–Crippen LogP) is 2.44. The minimum Gasteiger partial charge on any atom is -0.494 e. The molecule has 1 aromatic carbocycles. The van der Waals surface area contributed by atoms with Crippen LogP contribution in [0.2, 0.25) is 0 Å². The average Bonchev–Trinajstić information content (AvgIpc) is 2.77. The fraction of sp³-hybridized carbons (Fsp3) is 0.652. The van der Waals surface area contributed by atoms with Crippen molar-refractivity contribution in [1.29, 1.82) is 0 Å². The first-order valence-corrected chi connectivity index (χ1v) is 11.2. The van der Waals surface area contributed by atoms with Crippen molar-refractivity contribution in [1.82, 2.24) is 15.1 Å². The molecule has 0 spiro atoms. The van der Waals surface area contributed by atoms with Crippen LogP contribution >= 0.6 is 0 Å². The molecule has 3 rings (SSSR count). The number of ether oxygens (including phenoxy) is 2. The van der Waals surface area contributed by atoms with E-state index in [4.69, 9.17) is 9.47 Å². The lowest BCUT2D eigenvalue weighted by Crippen LogP contribution is -2.47. The van der Waals surface area contributed by atoms with Crippen LogP contribution in [0.25, 0.3) is 0 Å². The maximum Gasteiger partial charge on any atom is 0.243 e. The summed E-state index contributed by atoms with van der Waals surface area (Å²) >= 11 is 0. The number of hydrogen-bond acceptors (Lipinski definition) is 4. The van der Waals surface area contributed by atoms with E-state index in [1.165, 1.54) is 17.5 Å². The average molecular weight is 417 g/mol. The summed E-state index contributed by atoms with van der Waals surface area (Å²) in [4.78, 5) is 20.6. The van der Waals surface area contributed by atoms with Gasteiger partial charge in [-0.2, -0.15) is 0 Å². The number of likely N-dealkylation sites (N-methyl/N-ethyl adjacent to an activating group) is 1. The highest BCUT2D eigenvalue weighted by atomic mass is 16.5. The molecule has 1 atom stereocenters. The minimum absolute atomic E-state index is 0.00154.